The van der Waals surface area contributed by atoms with Gasteiger partial charge in [0.05, 0.1) is 10.0 Å². The number of anilines is 2. The molecule has 2 aromatic carbocycles. The minimum atomic E-state index is 0.495. The molecule has 0 spiro atoms. The van der Waals surface area contributed by atoms with Gasteiger partial charge in [-0.25, -0.2) is 0 Å². The summed E-state index contributed by atoms with van der Waals surface area (Å²) in [7, 11) is 0. The molecule has 0 unspecified atom stereocenters. The predicted octanol–water partition coefficient (Wildman–Crippen LogP) is 5.67. The van der Waals surface area contributed by atoms with Crippen molar-refractivity contribution in [3.8, 4) is 0 Å². The van der Waals surface area contributed by atoms with Gasteiger partial charge in [-0.1, -0.05) is 48.3 Å². The lowest BCUT2D eigenvalue weighted by molar-refractivity contribution is 1.13. The van der Waals surface area contributed by atoms with Crippen LogP contribution in [0.25, 0.3) is 0 Å². The largest absolute Gasteiger partial charge is 0.332 e. The van der Waals surface area contributed by atoms with Gasteiger partial charge in [-0.05, 0) is 54.9 Å². The lowest BCUT2D eigenvalue weighted by atomic mass is 10.1. The first-order valence-electron chi connectivity index (χ1n) is 6.62. The molecule has 110 valence electrons. The molecule has 0 aliphatic carbocycles. The third kappa shape index (κ3) is 4.10. The lowest BCUT2D eigenvalue weighted by Gasteiger charge is -2.16. The number of nitrogens with one attached hydrogen (secondary N) is 2. The Morgan fingerprint density at radius 3 is 2.52 bits per heavy atom. The Hall–Kier alpha value is -1.29. The summed E-state index contributed by atoms with van der Waals surface area (Å²) in [6.07, 6.45) is 0.944. The number of hydrogen-bond acceptors (Lipinski definition) is 1. The fraction of sp³-hybridized carbons (Fsp3) is 0.188. The monoisotopic (exact) mass is 338 g/mol. The highest BCUT2D eigenvalue weighted by Crippen LogP contribution is 2.26. The third-order valence-electron chi connectivity index (χ3n) is 3.16. The van der Waals surface area contributed by atoms with E-state index in [2.05, 4.69) is 42.7 Å². The molecule has 0 amide bonds. The second-order valence-corrected chi connectivity index (χ2v) is 5.89. The summed E-state index contributed by atoms with van der Waals surface area (Å²) in [6.45, 7) is 4.18. The van der Waals surface area contributed by atoms with Gasteiger partial charge in [0.15, 0.2) is 5.11 Å². The molecule has 5 heteroatoms. The van der Waals surface area contributed by atoms with Crippen LogP contribution in [-0.2, 0) is 6.42 Å². The smallest absolute Gasteiger partial charge is 0.175 e. The van der Waals surface area contributed by atoms with E-state index in [9.17, 15) is 0 Å². The normalized spacial score (nSPS) is 10.3. The topological polar surface area (TPSA) is 24.1 Å². The molecule has 0 fully saturated rings. The zero-order valence-corrected chi connectivity index (χ0v) is 14.2. The molecule has 0 heterocycles. The Morgan fingerprint density at radius 1 is 1.10 bits per heavy atom. The van der Waals surface area contributed by atoms with Gasteiger partial charge in [0.1, 0.15) is 0 Å². The van der Waals surface area contributed by atoms with Crippen LogP contribution in [0.2, 0.25) is 10.0 Å². The summed E-state index contributed by atoms with van der Waals surface area (Å²) < 4.78 is 0. The standard InChI is InChI=1S/C16H16Cl2N2S/c1-3-11-6-4-5-10(2)15(11)20-16(21)19-12-7-8-13(17)14(18)9-12/h4-9H,3H2,1-2H3,(H2,19,20,21). The Labute approximate surface area is 140 Å². The molecule has 2 N–H and O–H groups in total. The van der Waals surface area contributed by atoms with Crippen LogP contribution in [-0.4, -0.2) is 5.11 Å². The second-order valence-electron chi connectivity index (χ2n) is 4.67. The van der Waals surface area contributed by atoms with Gasteiger partial charge in [-0.3, -0.25) is 0 Å². The molecule has 0 saturated carbocycles. The number of para-hydroxylation sites is 1. The van der Waals surface area contributed by atoms with Crippen molar-refractivity contribution in [2.45, 2.75) is 20.3 Å². The third-order valence-corrected chi connectivity index (χ3v) is 4.10. The van der Waals surface area contributed by atoms with Gasteiger partial charge in [-0.15, -0.1) is 0 Å². The molecule has 0 bridgehead atoms. The Kier molecular flexibility index (Phi) is 5.45. The summed E-state index contributed by atoms with van der Waals surface area (Å²) >= 11 is 17.3. The summed E-state index contributed by atoms with van der Waals surface area (Å²) in [6, 6.07) is 11.5. The molecule has 2 rings (SSSR count). The van der Waals surface area contributed by atoms with E-state index in [-0.39, 0.29) is 0 Å². The molecule has 0 atom stereocenters. The van der Waals surface area contributed by atoms with Gasteiger partial charge in [-0.2, -0.15) is 0 Å². The molecule has 0 aliphatic heterocycles. The number of aryl methyl sites for hydroxylation is 2. The van der Waals surface area contributed by atoms with E-state index < -0.39 is 0 Å². The van der Waals surface area contributed by atoms with Crippen LogP contribution >= 0.6 is 35.4 Å². The number of benzene rings is 2. The highest BCUT2D eigenvalue weighted by Gasteiger charge is 2.07. The molecule has 0 aliphatic rings. The van der Waals surface area contributed by atoms with Crippen LogP contribution in [0.15, 0.2) is 36.4 Å². The first-order chi connectivity index (χ1) is 10.0. The summed E-state index contributed by atoms with van der Waals surface area (Å²) in [5.41, 5.74) is 4.24. The lowest BCUT2D eigenvalue weighted by Crippen LogP contribution is -2.20. The van der Waals surface area contributed by atoms with Gasteiger partial charge in [0, 0.05) is 11.4 Å². The average Bonchev–Trinajstić information content (AvgIpc) is 2.45. The van der Waals surface area contributed by atoms with Gasteiger partial charge >= 0.3 is 0 Å². The van der Waals surface area contributed by atoms with Crippen LogP contribution in [0.1, 0.15) is 18.1 Å². The first kappa shape index (κ1) is 16.1. The van der Waals surface area contributed by atoms with Crippen molar-refractivity contribution < 1.29 is 0 Å². The van der Waals surface area contributed by atoms with Crippen LogP contribution in [0.3, 0.4) is 0 Å². The molecule has 2 nitrogen and oxygen atoms in total. The Balaban J connectivity index is 2.13. The van der Waals surface area contributed by atoms with Crippen LogP contribution in [0.4, 0.5) is 11.4 Å². The van der Waals surface area contributed by atoms with Crippen molar-refractivity contribution >= 4 is 51.9 Å². The zero-order valence-electron chi connectivity index (χ0n) is 11.8. The van der Waals surface area contributed by atoms with E-state index in [0.717, 1.165) is 23.4 Å². The maximum Gasteiger partial charge on any atom is 0.175 e. The fourth-order valence-corrected chi connectivity index (χ4v) is 2.57. The molecular formula is C16H16Cl2N2S. The summed E-state index contributed by atoms with van der Waals surface area (Å²) in [5.74, 6) is 0. The highest BCUT2D eigenvalue weighted by molar-refractivity contribution is 7.80. The minimum absolute atomic E-state index is 0.495. The number of halogens is 2. The highest BCUT2D eigenvalue weighted by atomic mass is 35.5. The molecule has 0 saturated heterocycles. The first-order valence-corrected chi connectivity index (χ1v) is 7.79. The number of rotatable bonds is 3. The second kappa shape index (κ2) is 7.12. The van der Waals surface area contributed by atoms with Crippen molar-refractivity contribution in [1.82, 2.24) is 0 Å². The molecule has 21 heavy (non-hydrogen) atoms. The number of thiocarbonyl (C=S) groups is 1. The van der Waals surface area contributed by atoms with E-state index in [4.69, 9.17) is 35.4 Å². The predicted molar refractivity (Wildman–Crippen MR) is 96.9 cm³/mol. The zero-order chi connectivity index (χ0) is 15.4. The SMILES string of the molecule is CCc1cccc(C)c1NC(=S)Nc1ccc(Cl)c(Cl)c1. The van der Waals surface area contributed by atoms with E-state index >= 15 is 0 Å². The van der Waals surface area contributed by atoms with Crippen LogP contribution in [0, 0.1) is 6.92 Å². The Morgan fingerprint density at radius 2 is 1.86 bits per heavy atom. The fourth-order valence-electron chi connectivity index (χ4n) is 2.05. The van der Waals surface area contributed by atoms with Gasteiger partial charge in [0.2, 0.25) is 0 Å². The Bertz CT molecular complexity index is 671. The molecular weight excluding hydrogens is 323 g/mol. The van der Waals surface area contributed by atoms with Crippen molar-refractivity contribution in [3.63, 3.8) is 0 Å². The van der Waals surface area contributed by atoms with Crippen molar-refractivity contribution in [3.05, 3.63) is 57.6 Å². The van der Waals surface area contributed by atoms with Gasteiger partial charge < -0.3 is 10.6 Å². The van der Waals surface area contributed by atoms with Crippen LogP contribution < -0.4 is 10.6 Å². The maximum atomic E-state index is 5.99. The van der Waals surface area contributed by atoms with E-state index in [1.165, 1.54) is 5.56 Å². The summed E-state index contributed by atoms with van der Waals surface area (Å²) in [4.78, 5) is 0. The quantitative estimate of drug-likeness (QED) is 0.704. The average molecular weight is 339 g/mol. The molecule has 2 aromatic rings. The van der Waals surface area contributed by atoms with Crippen molar-refractivity contribution in [2.24, 2.45) is 0 Å². The summed E-state index contributed by atoms with van der Waals surface area (Å²) in [5, 5.41) is 7.91. The molecule has 0 aromatic heterocycles. The van der Waals surface area contributed by atoms with Crippen molar-refractivity contribution in [1.29, 1.82) is 0 Å². The maximum absolute atomic E-state index is 5.99. The van der Waals surface area contributed by atoms with Gasteiger partial charge in [0.25, 0.3) is 0 Å². The minimum Gasteiger partial charge on any atom is -0.332 e. The van der Waals surface area contributed by atoms with E-state index in [1.54, 1.807) is 12.1 Å². The van der Waals surface area contributed by atoms with Crippen molar-refractivity contribution in [2.75, 3.05) is 10.6 Å². The number of hydrogen-bond donors (Lipinski definition) is 2. The molecule has 0 radical (unpaired) electrons. The van der Waals surface area contributed by atoms with E-state index in [1.807, 2.05) is 6.07 Å². The van der Waals surface area contributed by atoms with E-state index in [0.29, 0.717) is 15.2 Å². The van der Waals surface area contributed by atoms with Crippen LogP contribution in [0.5, 0.6) is 0 Å².